The lowest BCUT2D eigenvalue weighted by atomic mass is 9.87. The first-order valence-electron chi connectivity index (χ1n) is 12.8. The topological polar surface area (TPSA) is 84.6 Å². The van der Waals surface area contributed by atoms with Gasteiger partial charge in [0.1, 0.15) is 6.10 Å². The molecule has 0 saturated carbocycles. The molecule has 4 N–H and O–H groups in total. The molecule has 0 radical (unpaired) electrons. The van der Waals surface area contributed by atoms with Crippen LogP contribution < -0.4 is 11.1 Å². The number of benzene rings is 2. The number of halogens is 1. The van der Waals surface area contributed by atoms with Gasteiger partial charge in [0.15, 0.2) is 0 Å². The van der Waals surface area contributed by atoms with Crippen molar-refractivity contribution in [3.8, 4) is 0 Å². The number of hydrogen-bond donors (Lipinski definition) is 3. The summed E-state index contributed by atoms with van der Waals surface area (Å²) in [7, 11) is 0. The van der Waals surface area contributed by atoms with Crippen molar-refractivity contribution in [3.63, 3.8) is 0 Å². The number of ether oxygens (including phenoxy) is 1. The van der Waals surface area contributed by atoms with Crippen molar-refractivity contribution in [3.05, 3.63) is 47.5 Å². The van der Waals surface area contributed by atoms with E-state index in [0.29, 0.717) is 31.9 Å². The summed E-state index contributed by atoms with van der Waals surface area (Å²) in [6, 6.07) is 13.1. The zero-order valence-corrected chi connectivity index (χ0v) is 22.0. The Balaban J connectivity index is 0.00000578. The van der Waals surface area contributed by atoms with Gasteiger partial charge in [-0.05, 0) is 66.3 Å². The van der Waals surface area contributed by atoms with Crippen molar-refractivity contribution in [2.24, 2.45) is 11.7 Å². The summed E-state index contributed by atoms with van der Waals surface area (Å²) in [6.07, 6.45) is 5.94. The van der Waals surface area contributed by atoms with Crippen LogP contribution in [0.25, 0.3) is 10.8 Å². The molecule has 6 heteroatoms. The fourth-order valence-electron chi connectivity index (χ4n) is 4.30. The summed E-state index contributed by atoms with van der Waals surface area (Å²) >= 11 is 0. The number of amides is 1. The average Bonchev–Trinajstić information content (AvgIpc) is 2.82. The maximum absolute atomic E-state index is 12.0. The number of aliphatic hydroxyl groups is 1. The van der Waals surface area contributed by atoms with Gasteiger partial charge in [-0.1, -0.05) is 70.0 Å². The molecule has 3 atom stereocenters. The van der Waals surface area contributed by atoms with Gasteiger partial charge in [0.05, 0.1) is 6.61 Å². The zero-order valence-electron chi connectivity index (χ0n) is 21.2. The molecular formula is C28H45ClN2O3. The monoisotopic (exact) mass is 492 g/mol. The average molecular weight is 493 g/mol. The number of carbonyl (C=O) groups is 1. The van der Waals surface area contributed by atoms with E-state index in [1.807, 2.05) is 0 Å². The Morgan fingerprint density at radius 3 is 2.59 bits per heavy atom. The molecule has 0 heterocycles. The molecule has 0 unspecified atom stereocenters. The highest BCUT2D eigenvalue weighted by atomic mass is 35.5. The Labute approximate surface area is 212 Å². The van der Waals surface area contributed by atoms with Crippen LogP contribution in [0.2, 0.25) is 0 Å². The van der Waals surface area contributed by atoms with Gasteiger partial charge in [-0.15, -0.1) is 12.4 Å². The first kappa shape index (κ1) is 30.4. The maximum atomic E-state index is 12.0. The Morgan fingerprint density at radius 2 is 1.88 bits per heavy atom. The minimum atomic E-state index is -0.973. The molecule has 5 nitrogen and oxygen atoms in total. The Bertz CT molecular complexity index is 846. The van der Waals surface area contributed by atoms with Gasteiger partial charge in [0, 0.05) is 19.2 Å². The van der Waals surface area contributed by atoms with Crippen LogP contribution in [0.5, 0.6) is 0 Å². The molecule has 0 bridgehead atoms. The molecule has 0 saturated heterocycles. The number of rotatable bonds is 16. The van der Waals surface area contributed by atoms with Gasteiger partial charge in [0.25, 0.3) is 0 Å². The molecule has 0 aliphatic heterocycles. The SMILES string of the molecule is CCCCNC(=O)[C@@H](O)CC[C@H](N)C[C@@H](CC)Cc1cc(COCCC)c2ccccc2c1.Cl. The van der Waals surface area contributed by atoms with Gasteiger partial charge in [0.2, 0.25) is 5.91 Å². The molecule has 0 aromatic heterocycles. The van der Waals surface area contributed by atoms with Gasteiger partial charge < -0.3 is 20.9 Å². The Kier molecular flexibility index (Phi) is 15.1. The summed E-state index contributed by atoms with van der Waals surface area (Å²) in [6.45, 7) is 8.43. The van der Waals surface area contributed by atoms with Gasteiger partial charge in [-0.25, -0.2) is 0 Å². The Hall–Kier alpha value is -1.66. The van der Waals surface area contributed by atoms with E-state index < -0.39 is 6.10 Å². The van der Waals surface area contributed by atoms with E-state index in [9.17, 15) is 9.90 Å². The van der Waals surface area contributed by atoms with Crippen LogP contribution in [0, 0.1) is 5.92 Å². The second-order valence-corrected chi connectivity index (χ2v) is 9.24. The molecule has 1 amide bonds. The smallest absolute Gasteiger partial charge is 0.248 e. The summed E-state index contributed by atoms with van der Waals surface area (Å²) in [5, 5.41) is 15.4. The summed E-state index contributed by atoms with van der Waals surface area (Å²) < 4.78 is 5.86. The summed E-state index contributed by atoms with van der Waals surface area (Å²) in [5.41, 5.74) is 8.97. The van der Waals surface area contributed by atoms with E-state index in [1.165, 1.54) is 21.9 Å². The normalized spacial score (nSPS) is 13.8. The summed E-state index contributed by atoms with van der Waals surface area (Å²) in [4.78, 5) is 12.0. The lowest BCUT2D eigenvalue weighted by molar-refractivity contribution is -0.129. The third-order valence-corrected chi connectivity index (χ3v) is 6.29. The molecule has 2 aromatic carbocycles. The summed E-state index contributed by atoms with van der Waals surface area (Å²) in [5.74, 6) is 0.178. The fourth-order valence-corrected chi connectivity index (χ4v) is 4.30. The standard InChI is InChI=1S/C28H44N2O3.ClH/c1-4-7-14-30-28(32)27(31)13-12-25(29)19-21(6-3)16-22-17-23-10-8-9-11-26(23)24(18-22)20-33-15-5-2;/h8-11,17-18,21,25,27,31H,4-7,12-16,19-20,29H2,1-3H3,(H,30,32);1H/t21-,25-,27-;/m0./s1. The lowest BCUT2D eigenvalue weighted by Crippen LogP contribution is -2.36. The highest BCUT2D eigenvalue weighted by Gasteiger charge is 2.18. The van der Waals surface area contributed by atoms with Gasteiger partial charge in [-0.3, -0.25) is 4.79 Å². The van der Waals surface area contributed by atoms with Crippen LogP contribution in [0.4, 0.5) is 0 Å². The van der Waals surface area contributed by atoms with E-state index in [1.54, 1.807) is 0 Å². The predicted molar refractivity (Wildman–Crippen MR) is 144 cm³/mol. The van der Waals surface area contributed by atoms with E-state index >= 15 is 0 Å². The molecule has 192 valence electrons. The number of unbranched alkanes of at least 4 members (excludes halogenated alkanes) is 1. The van der Waals surface area contributed by atoms with Crippen molar-refractivity contribution in [2.45, 2.75) is 90.9 Å². The third kappa shape index (κ3) is 10.3. The van der Waals surface area contributed by atoms with Crippen LogP contribution in [-0.2, 0) is 22.6 Å². The highest BCUT2D eigenvalue weighted by Crippen LogP contribution is 2.26. The molecule has 2 rings (SSSR count). The van der Waals surface area contributed by atoms with Crippen LogP contribution in [0.1, 0.15) is 76.8 Å². The lowest BCUT2D eigenvalue weighted by Gasteiger charge is -2.21. The maximum Gasteiger partial charge on any atom is 0.248 e. The minimum Gasteiger partial charge on any atom is -0.383 e. The van der Waals surface area contributed by atoms with Crippen molar-refractivity contribution in [1.82, 2.24) is 5.32 Å². The second kappa shape index (κ2) is 16.9. The van der Waals surface area contributed by atoms with Crippen molar-refractivity contribution >= 4 is 29.1 Å². The van der Waals surface area contributed by atoms with Crippen LogP contribution >= 0.6 is 12.4 Å². The third-order valence-electron chi connectivity index (χ3n) is 6.29. The molecule has 0 aliphatic rings. The van der Waals surface area contributed by atoms with Crippen molar-refractivity contribution in [2.75, 3.05) is 13.2 Å². The quantitative estimate of drug-likeness (QED) is 0.269. The van der Waals surface area contributed by atoms with E-state index in [-0.39, 0.29) is 24.4 Å². The number of nitrogens with one attached hydrogen (secondary N) is 1. The molecule has 0 aliphatic carbocycles. The Morgan fingerprint density at radius 1 is 1.12 bits per heavy atom. The predicted octanol–water partition coefficient (Wildman–Crippen LogP) is 5.53. The van der Waals surface area contributed by atoms with E-state index in [4.69, 9.17) is 10.5 Å². The van der Waals surface area contributed by atoms with Gasteiger partial charge >= 0.3 is 0 Å². The largest absolute Gasteiger partial charge is 0.383 e. The van der Waals surface area contributed by atoms with Crippen molar-refractivity contribution < 1.29 is 14.6 Å². The van der Waals surface area contributed by atoms with Crippen LogP contribution in [-0.4, -0.2) is 36.3 Å². The number of fused-ring (bicyclic) bond motifs is 1. The first-order chi connectivity index (χ1) is 16.0. The fraction of sp³-hybridized carbons (Fsp3) is 0.607. The van der Waals surface area contributed by atoms with E-state index in [0.717, 1.165) is 45.1 Å². The van der Waals surface area contributed by atoms with Crippen LogP contribution in [0.3, 0.4) is 0 Å². The number of carbonyl (C=O) groups excluding carboxylic acids is 1. The van der Waals surface area contributed by atoms with Crippen molar-refractivity contribution in [1.29, 1.82) is 0 Å². The number of hydrogen-bond acceptors (Lipinski definition) is 4. The number of nitrogens with two attached hydrogens (primary N) is 1. The molecular weight excluding hydrogens is 448 g/mol. The molecule has 2 aromatic rings. The van der Waals surface area contributed by atoms with Gasteiger partial charge in [-0.2, -0.15) is 0 Å². The molecule has 34 heavy (non-hydrogen) atoms. The van der Waals surface area contributed by atoms with E-state index in [2.05, 4.69) is 62.5 Å². The zero-order chi connectivity index (χ0) is 24.1. The molecule has 0 fully saturated rings. The number of aliphatic hydroxyl groups excluding tert-OH is 1. The van der Waals surface area contributed by atoms with Crippen LogP contribution in [0.15, 0.2) is 36.4 Å². The first-order valence-corrected chi connectivity index (χ1v) is 12.8. The second-order valence-electron chi connectivity index (χ2n) is 9.24. The highest BCUT2D eigenvalue weighted by molar-refractivity contribution is 5.86. The molecule has 0 spiro atoms. The minimum absolute atomic E-state index is 0.